The second kappa shape index (κ2) is 7.05. The van der Waals surface area contributed by atoms with Crippen LogP contribution in [-0.2, 0) is 14.8 Å². The Morgan fingerprint density at radius 1 is 1.07 bits per heavy atom. The molecule has 0 unspecified atom stereocenters. The van der Waals surface area contributed by atoms with E-state index in [0.717, 1.165) is 46.4 Å². The first-order chi connectivity index (χ1) is 13.3. The first-order valence-electron chi connectivity index (χ1n) is 8.96. The molecule has 0 spiro atoms. The van der Waals surface area contributed by atoms with Crippen molar-refractivity contribution in [2.45, 2.75) is 11.8 Å². The zero-order valence-electron chi connectivity index (χ0n) is 15.4. The number of nitrogens with zero attached hydrogens (tertiary/aromatic N) is 1. The Kier molecular flexibility index (Phi) is 4.70. The number of nitrogens with two attached hydrogens (primary N) is 1. The van der Waals surface area contributed by atoms with E-state index in [1.807, 2.05) is 25.1 Å². The van der Waals surface area contributed by atoms with Crippen molar-refractivity contribution in [2.24, 2.45) is 5.14 Å². The van der Waals surface area contributed by atoms with Crippen LogP contribution in [0.2, 0.25) is 0 Å². The van der Waals surface area contributed by atoms with Crippen molar-refractivity contribution in [3.8, 4) is 11.1 Å². The summed E-state index contributed by atoms with van der Waals surface area (Å²) in [4.78, 5) is 16.8. The minimum atomic E-state index is -3.83. The maximum absolute atomic E-state index is 11.9. The van der Waals surface area contributed by atoms with E-state index in [4.69, 9.17) is 9.88 Å². The number of ether oxygens (including phenoxy) is 1. The number of sulfonamides is 1. The Morgan fingerprint density at radius 3 is 2.54 bits per heavy atom. The molecule has 0 amide bonds. The molecule has 146 valence electrons. The van der Waals surface area contributed by atoms with Gasteiger partial charge in [0.25, 0.3) is 0 Å². The standard InChI is InChI=1S/C20H21N3O4S/c1-13-10-20(24)22-18-4-2-14(11-16(13)18)17-12-15(28(21,25)26)3-5-19(17)23-6-8-27-9-7-23/h2-5,10-12H,6-9H2,1H3,(H,22,24)(H2,21,25,26). The number of benzene rings is 2. The van der Waals surface area contributed by atoms with Crippen molar-refractivity contribution in [1.29, 1.82) is 0 Å². The van der Waals surface area contributed by atoms with E-state index in [0.29, 0.717) is 13.2 Å². The van der Waals surface area contributed by atoms with Gasteiger partial charge in [0.2, 0.25) is 15.6 Å². The molecular weight excluding hydrogens is 378 g/mol. The summed E-state index contributed by atoms with van der Waals surface area (Å²) in [7, 11) is -3.83. The Balaban J connectivity index is 1.93. The molecule has 28 heavy (non-hydrogen) atoms. The average Bonchev–Trinajstić information content (AvgIpc) is 2.67. The Hall–Kier alpha value is -2.68. The Labute approximate surface area is 162 Å². The lowest BCUT2D eigenvalue weighted by molar-refractivity contribution is 0.123. The highest BCUT2D eigenvalue weighted by Crippen LogP contribution is 2.35. The van der Waals surface area contributed by atoms with Crippen molar-refractivity contribution in [3.63, 3.8) is 0 Å². The van der Waals surface area contributed by atoms with Crippen molar-refractivity contribution in [2.75, 3.05) is 31.2 Å². The molecule has 1 fully saturated rings. The van der Waals surface area contributed by atoms with Crippen molar-refractivity contribution in [1.82, 2.24) is 4.98 Å². The van der Waals surface area contributed by atoms with Gasteiger partial charge in [-0.2, -0.15) is 0 Å². The average molecular weight is 399 g/mol. The molecule has 1 aliphatic rings. The fraction of sp³-hybridized carbons (Fsp3) is 0.250. The fourth-order valence-corrected chi connectivity index (χ4v) is 4.13. The summed E-state index contributed by atoms with van der Waals surface area (Å²) in [6.45, 7) is 4.57. The van der Waals surface area contributed by atoms with Crippen LogP contribution >= 0.6 is 0 Å². The van der Waals surface area contributed by atoms with Crippen molar-refractivity contribution in [3.05, 3.63) is 58.4 Å². The summed E-state index contributed by atoms with van der Waals surface area (Å²) in [5.41, 5.74) is 4.01. The number of hydrogen-bond donors (Lipinski definition) is 2. The molecule has 2 aromatic carbocycles. The lowest BCUT2D eigenvalue weighted by atomic mass is 9.99. The van der Waals surface area contributed by atoms with Crippen molar-refractivity contribution >= 4 is 26.6 Å². The second-order valence-corrected chi connectivity index (χ2v) is 8.46. The number of pyridine rings is 1. The molecule has 2 heterocycles. The Bertz CT molecular complexity index is 1210. The van der Waals surface area contributed by atoms with E-state index in [2.05, 4.69) is 9.88 Å². The number of aromatic amines is 1. The highest BCUT2D eigenvalue weighted by Gasteiger charge is 2.19. The number of hydrogen-bond acceptors (Lipinski definition) is 5. The van der Waals surface area contributed by atoms with E-state index in [9.17, 15) is 13.2 Å². The van der Waals surface area contributed by atoms with Gasteiger partial charge in [-0.15, -0.1) is 0 Å². The first kappa shape index (κ1) is 18.7. The van der Waals surface area contributed by atoms with E-state index in [1.54, 1.807) is 18.2 Å². The molecule has 3 N–H and O–H groups in total. The van der Waals surface area contributed by atoms with E-state index < -0.39 is 10.0 Å². The van der Waals surface area contributed by atoms with Gasteiger partial charge < -0.3 is 14.6 Å². The second-order valence-electron chi connectivity index (χ2n) is 6.90. The fourth-order valence-electron chi connectivity index (χ4n) is 3.59. The molecule has 1 aliphatic heterocycles. The summed E-state index contributed by atoms with van der Waals surface area (Å²) in [5, 5.41) is 6.27. The van der Waals surface area contributed by atoms with Crippen LogP contribution in [0.15, 0.2) is 52.2 Å². The van der Waals surface area contributed by atoms with Crippen LogP contribution in [0, 0.1) is 6.92 Å². The topological polar surface area (TPSA) is 105 Å². The highest BCUT2D eigenvalue weighted by atomic mass is 32.2. The van der Waals surface area contributed by atoms with Gasteiger partial charge in [0.05, 0.1) is 18.1 Å². The van der Waals surface area contributed by atoms with Gasteiger partial charge in [-0.05, 0) is 48.4 Å². The van der Waals surface area contributed by atoms with Crippen LogP contribution in [-0.4, -0.2) is 39.7 Å². The SMILES string of the molecule is Cc1cc(=O)[nH]c2ccc(-c3cc(S(N)(=O)=O)ccc3N3CCOCC3)cc12. The molecule has 0 bridgehead atoms. The van der Waals surface area contributed by atoms with Gasteiger partial charge >= 0.3 is 0 Å². The molecule has 3 aromatic rings. The van der Waals surface area contributed by atoms with Gasteiger partial charge in [-0.25, -0.2) is 13.6 Å². The minimum Gasteiger partial charge on any atom is -0.378 e. The van der Waals surface area contributed by atoms with Gasteiger partial charge in [-0.3, -0.25) is 4.79 Å². The summed E-state index contributed by atoms with van der Waals surface area (Å²) < 4.78 is 29.3. The normalized spacial score (nSPS) is 15.1. The number of nitrogens with one attached hydrogen (secondary N) is 1. The van der Waals surface area contributed by atoms with Gasteiger partial charge in [0.1, 0.15) is 0 Å². The molecule has 0 aliphatic carbocycles. The third-order valence-electron chi connectivity index (χ3n) is 5.01. The maximum atomic E-state index is 11.9. The maximum Gasteiger partial charge on any atom is 0.248 e. The third kappa shape index (κ3) is 3.54. The smallest absolute Gasteiger partial charge is 0.248 e. The van der Waals surface area contributed by atoms with Crippen LogP contribution in [0.25, 0.3) is 22.0 Å². The third-order valence-corrected chi connectivity index (χ3v) is 5.92. The lowest BCUT2D eigenvalue weighted by Crippen LogP contribution is -2.36. The molecular formula is C20H21N3O4S. The summed E-state index contributed by atoms with van der Waals surface area (Å²) >= 11 is 0. The number of H-pyrrole nitrogens is 1. The molecule has 0 atom stereocenters. The zero-order valence-corrected chi connectivity index (χ0v) is 16.3. The molecule has 8 heteroatoms. The van der Waals surface area contributed by atoms with E-state index in [1.165, 1.54) is 6.07 Å². The number of fused-ring (bicyclic) bond motifs is 1. The summed E-state index contributed by atoms with van der Waals surface area (Å²) in [6, 6.07) is 12.2. The molecule has 0 saturated carbocycles. The molecule has 7 nitrogen and oxygen atoms in total. The number of aromatic nitrogens is 1. The van der Waals surface area contributed by atoms with Gasteiger partial charge in [0, 0.05) is 41.3 Å². The lowest BCUT2D eigenvalue weighted by Gasteiger charge is -2.31. The number of anilines is 1. The summed E-state index contributed by atoms with van der Waals surface area (Å²) in [6.07, 6.45) is 0. The highest BCUT2D eigenvalue weighted by molar-refractivity contribution is 7.89. The molecule has 4 rings (SSSR count). The Morgan fingerprint density at radius 2 is 1.82 bits per heavy atom. The van der Waals surface area contributed by atoms with Crippen LogP contribution in [0.4, 0.5) is 5.69 Å². The number of aryl methyl sites for hydroxylation is 1. The first-order valence-corrected chi connectivity index (χ1v) is 10.5. The molecule has 0 radical (unpaired) electrons. The number of rotatable bonds is 3. The number of morpholine rings is 1. The van der Waals surface area contributed by atoms with E-state index in [-0.39, 0.29) is 10.5 Å². The van der Waals surface area contributed by atoms with Crippen LogP contribution < -0.4 is 15.6 Å². The predicted molar refractivity (Wildman–Crippen MR) is 109 cm³/mol. The monoisotopic (exact) mass is 399 g/mol. The van der Waals surface area contributed by atoms with Crippen LogP contribution in [0.3, 0.4) is 0 Å². The minimum absolute atomic E-state index is 0.0674. The quantitative estimate of drug-likeness (QED) is 0.701. The molecule has 1 saturated heterocycles. The van der Waals surface area contributed by atoms with Crippen LogP contribution in [0.5, 0.6) is 0 Å². The largest absolute Gasteiger partial charge is 0.378 e. The predicted octanol–water partition coefficient (Wildman–Crippen LogP) is 1.99. The summed E-state index contributed by atoms with van der Waals surface area (Å²) in [5.74, 6) is 0. The zero-order chi connectivity index (χ0) is 19.9. The number of primary sulfonamides is 1. The van der Waals surface area contributed by atoms with Crippen LogP contribution in [0.1, 0.15) is 5.56 Å². The molecule has 1 aromatic heterocycles. The van der Waals surface area contributed by atoms with Crippen molar-refractivity contribution < 1.29 is 13.2 Å². The van der Waals surface area contributed by atoms with E-state index >= 15 is 0 Å². The van der Waals surface area contributed by atoms with Gasteiger partial charge in [0.15, 0.2) is 0 Å². The van der Waals surface area contributed by atoms with Gasteiger partial charge in [-0.1, -0.05) is 6.07 Å².